The van der Waals surface area contributed by atoms with E-state index < -0.39 is 6.10 Å². The van der Waals surface area contributed by atoms with Crippen molar-refractivity contribution in [3.63, 3.8) is 0 Å². The van der Waals surface area contributed by atoms with Gasteiger partial charge < -0.3 is 14.2 Å². The molecule has 52 heavy (non-hydrogen) atoms. The molecular weight excluding hydrogens is 648 g/mol. The van der Waals surface area contributed by atoms with Crippen molar-refractivity contribution in [3.05, 3.63) is 0 Å². The van der Waals surface area contributed by atoms with Gasteiger partial charge in [-0.2, -0.15) is 0 Å². The van der Waals surface area contributed by atoms with Crippen LogP contribution in [0.4, 0.5) is 0 Å². The van der Waals surface area contributed by atoms with Gasteiger partial charge in [0.15, 0.2) is 6.10 Å². The molecule has 0 aromatic carbocycles. The maximum atomic E-state index is 12.7. The topological polar surface area (TPSA) is 78.9 Å². The van der Waals surface area contributed by atoms with Crippen LogP contribution in [0, 0.1) is 0 Å². The Hall–Kier alpha value is -1.59. The lowest BCUT2D eigenvalue weighted by molar-refractivity contribution is -0.167. The minimum Gasteiger partial charge on any atom is -0.462 e. The van der Waals surface area contributed by atoms with Gasteiger partial charge in [0.05, 0.1) is 0 Å². The number of rotatable bonds is 42. The molecule has 0 aromatic heterocycles. The van der Waals surface area contributed by atoms with Gasteiger partial charge in [-0.15, -0.1) is 0 Å². The van der Waals surface area contributed by atoms with Crippen LogP contribution < -0.4 is 0 Å². The Labute approximate surface area is 323 Å². The van der Waals surface area contributed by atoms with Gasteiger partial charge in [-0.1, -0.05) is 220 Å². The van der Waals surface area contributed by atoms with Crippen LogP contribution in [0.15, 0.2) is 0 Å². The number of esters is 3. The molecule has 0 aliphatic carbocycles. The first-order chi connectivity index (χ1) is 25.5. The first kappa shape index (κ1) is 50.4. The van der Waals surface area contributed by atoms with Gasteiger partial charge in [-0.05, 0) is 19.3 Å². The molecule has 1 atom stereocenters. The average Bonchev–Trinajstić information content (AvgIpc) is 3.14. The van der Waals surface area contributed by atoms with Crippen molar-refractivity contribution in [1.82, 2.24) is 0 Å². The molecule has 6 nitrogen and oxygen atoms in total. The number of hydrogen-bond acceptors (Lipinski definition) is 6. The van der Waals surface area contributed by atoms with Gasteiger partial charge in [-0.3, -0.25) is 14.4 Å². The van der Waals surface area contributed by atoms with Crippen LogP contribution in [0.2, 0.25) is 0 Å². The quantitative estimate of drug-likeness (QED) is 0.0353. The highest BCUT2D eigenvalue weighted by Gasteiger charge is 2.19. The molecule has 308 valence electrons. The molecule has 0 saturated heterocycles. The lowest BCUT2D eigenvalue weighted by atomic mass is 10.0. The standard InChI is InChI=1S/C46H88O6/c1-4-7-10-13-15-17-19-21-22-23-24-25-27-29-31-34-37-40-46(49)52-43(41-50-44(47)38-35-32-12-9-6-3)42-51-45(48)39-36-33-30-28-26-20-18-16-14-11-8-5-2/h43H,4-42H2,1-3H3/t43-/m0/s1. The van der Waals surface area contributed by atoms with Crippen molar-refractivity contribution in [1.29, 1.82) is 0 Å². The summed E-state index contributed by atoms with van der Waals surface area (Å²) >= 11 is 0. The Morgan fingerprint density at radius 1 is 0.308 bits per heavy atom. The van der Waals surface area contributed by atoms with Crippen molar-refractivity contribution in [2.24, 2.45) is 0 Å². The van der Waals surface area contributed by atoms with E-state index in [9.17, 15) is 14.4 Å². The predicted octanol–water partition coefficient (Wildman–Crippen LogP) is 14.5. The van der Waals surface area contributed by atoms with E-state index in [0.717, 1.165) is 64.2 Å². The van der Waals surface area contributed by atoms with Crippen molar-refractivity contribution in [2.75, 3.05) is 13.2 Å². The zero-order valence-electron chi connectivity index (χ0n) is 35.1. The lowest BCUT2D eigenvalue weighted by Gasteiger charge is -2.18. The summed E-state index contributed by atoms with van der Waals surface area (Å²) in [7, 11) is 0. The molecule has 0 rings (SSSR count). The fourth-order valence-electron chi connectivity index (χ4n) is 6.85. The normalized spacial score (nSPS) is 11.8. The van der Waals surface area contributed by atoms with Crippen LogP contribution >= 0.6 is 0 Å². The van der Waals surface area contributed by atoms with Crippen LogP contribution in [0.5, 0.6) is 0 Å². The van der Waals surface area contributed by atoms with E-state index in [2.05, 4.69) is 20.8 Å². The SMILES string of the molecule is CCCCCCCCCCCCCCCCCCCC(=O)O[C@@H](COC(=O)CCCCCCC)COC(=O)CCCCCCCCCCCCCC. The monoisotopic (exact) mass is 737 g/mol. The molecular formula is C46H88O6. The maximum absolute atomic E-state index is 12.7. The lowest BCUT2D eigenvalue weighted by Crippen LogP contribution is -2.30. The van der Waals surface area contributed by atoms with E-state index in [1.165, 1.54) is 154 Å². The highest BCUT2D eigenvalue weighted by atomic mass is 16.6. The Morgan fingerprint density at radius 2 is 0.519 bits per heavy atom. The molecule has 0 amide bonds. The van der Waals surface area contributed by atoms with Gasteiger partial charge in [0.2, 0.25) is 0 Å². The Morgan fingerprint density at radius 3 is 0.769 bits per heavy atom. The highest BCUT2D eigenvalue weighted by Crippen LogP contribution is 2.16. The van der Waals surface area contributed by atoms with Crippen LogP contribution in [0.3, 0.4) is 0 Å². The third-order valence-electron chi connectivity index (χ3n) is 10.4. The molecule has 0 spiro atoms. The van der Waals surface area contributed by atoms with Crippen LogP contribution in [0.1, 0.15) is 258 Å². The fraction of sp³-hybridized carbons (Fsp3) is 0.935. The minimum atomic E-state index is -0.756. The third kappa shape index (κ3) is 39.6. The van der Waals surface area contributed by atoms with Gasteiger partial charge in [0.1, 0.15) is 13.2 Å². The van der Waals surface area contributed by atoms with Gasteiger partial charge in [-0.25, -0.2) is 0 Å². The summed E-state index contributed by atoms with van der Waals surface area (Å²) in [5, 5.41) is 0. The zero-order chi connectivity index (χ0) is 38.0. The molecule has 0 radical (unpaired) electrons. The summed E-state index contributed by atoms with van der Waals surface area (Å²) in [6.07, 6.45) is 42.6. The summed E-state index contributed by atoms with van der Waals surface area (Å²) in [6, 6.07) is 0. The molecule has 6 heteroatoms. The second kappa shape index (κ2) is 42.2. The van der Waals surface area contributed by atoms with E-state index >= 15 is 0 Å². The Balaban J connectivity index is 4.15. The molecule has 0 fully saturated rings. The molecule has 0 aliphatic heterocycles. The van der Waals surface area contributed by atoms with E-state index in [-0.39, 0.29) is 31.1 Å². The van der Waals surface area contributed by atoms with Gasteiger partial charge in [0, 0.05) is 19.3 Å². The second-order valence-electron chi connectivity index (χ2n) is 15.7. The van der Waals surface area contributed by atoms with Crippen molar-refractivity contribution < 1.29 is 28.6 Å². The maximum Gasteiger partial charge on any atom is 0.306 e. The molecule has 0 unspecified atom stereocenters. The number of unbranched alkanes of at least 4 members (excludes halogenated alkanes) is 31. The van der Waals surface area contributed by atoms with E-state index in [1.54, 1.807) is 0 Å². The molecule has 0 heterocycles. The van der Waals surface area contributed by atoms with Gasteiger partial charge in [0.25, 0.3) is 0 Å². The Bertz CT molecular complexity index is 768. The van der Waals surface area contributed by atoms with E-state index in [4.69, 9.17) is 14.2 Å². The van der Waals surface area contributed by atoms with Crippen LogP contribution in [0.25, 0.3) is 0 Å². The number of carbonyl (C=O) groups excluding carboxylic acids is 3. The smallest absolute Gasteiger partial charge is 0.306 e. The van der Waals surface area contributed by atoms with Crippen LogP contribution in [-0.2, 0) is 28.6 Å². The first-order valence-electron chi connectivity index (χ1n) is 23.0. The third-order valence-corrected chi connectivity index (χ3v) is 10.4. The Kier molecular flexibility index (Phi) is 40.9. The van der Waals surface area contributed by atoms with Crippen LogP contribution in [-0.4, -0.2) is 37.2 Å². The van der Waals surface area contributed by atoms with E-state index in [1.807, 2.05) is 0 Å². The largest absolute Gasteiger partial charge is 0.462 e. The fourth-order valence-corrected chi connectivity index (χ4v) is 6.85. The van der Waals surface area contributed by atoms with Crippen molar-refractivity contribution in [2.45, 2.75) is 264 Å². The summed E-state index contributed by atoms with van der Waals surface area (Å²) in [5.74, 6) is -0.865. The first-order valence-corrected chi connectivity index (χ1v) is 23.0. The van der Waals surface area contributed by atoms with E-state index in [0.29, 0.717) is 19.3 Å². The average molecular weight is 737 g/mol. The molecule has 0 aromatic rings. The molecule has 0 N–H and O–H groups in total. The highest BCUT2D eigenvalue weighted by molar-refractivity contribution is 5.71. The number of ether oxygens (including phenoxy) is 3. The second-order valence-corrected chi connectivity index (χ2v) is 15.7. The zero-order valence-corrected chi connectivity index (χ0v) is 35.1. The van der Waals surface area contributed by atoms with Crippen molar-refractivity contribution in [3.8, 4) is 0 Å². The molecule has 0 aliphatic rings. The minimum absolute atomic E-state index is 0.0638. The number of hydrogen-bond donors (Lipinski definition) is 0. The molecule has 0 bridgehead atoms. The summed E-state index contributed by atoms with van der Waals surface area (Å²) < 4.78 is 16.6. The summed E-state index contributed by atoms with van der Waals surface area (Å²) in [4.78, 5) is 37.4. The van der Waals surface area contributed by atoms with Crippen molar-refractivity contribution >= 4 is 17.9 Å². The summed E-state index contributed by atoms with van der Waals surface area (Å²) in [6.45, 7) is 6.58. The molecule has 0 saturated carbocycles. The number of carbonyl (C=O) groups is 3. The predicted molar refractivity (Wildman–Crippen MR) is 220 cm³/mol. The summed E-state index contributed by atoms with van der Waals surface area (Å²) in [5.41, 5.74) is 0. The van der Waals surface area contributed by atoms with Gasteiger partial charge >= 0.3 is 17.9 Å².